The molecule has 3 aliphatic heterocycles. The fraction of sp³-hybridized carbons (Fsp3) is 0.457. The molecule has 7 atom stereocenters. The van der Waals surface area contributed by atoms with Gasteiger partial charge < -0.3 is 24.5 Å². The van der Waals surface area contributed by atoms with Crippen molar-refractivity contribution < 1.29 is 24.2 Å². The summed E-state index contributed by atoms with van der Waals surface area (Å²) in [6, 6.07) is 15.4. The molecule has 1 spiro atoms. The standard InChI is InChI=1S/C35H42BrN3O5S/c1-5-17-37(18-6-2)32(41)28-29-33(42)39(25(22-40)20-23-11-9-8-10-12-23)31(35(29)21-27(36)30(28)45-35)34(43)38(19-7-3)24-13-15-26(44-4)16-14-24/h5,7-16,25,27-31,40H,1,3,6,17-22H2,2,4H3/t25-,27?,28+,29+,30+,31?,35?/m1/s1. The van der Waals surface area contributed by atoms with E-state index in [9.17, 15) is 14.7 Å². The zero-order chi connectivity index (χ0) is 32.3. The van der Waals surface area contributed by atoms with Gasteiger partial charge in [0.1, 0.15) is 11.8 Å². The number of alkyl halides is 1. The van der Waals surface area contributed by atoms with Gasteiger partial charge in [0.05, 0.1) is 36.3 Å². The van der Waals surface area contributed by atoms with Gasteiger partial charge in [-0.2, -0.15) is 0 Å². The number of carbonyl (C=O) groups is 3. The zero-order valence-corrected chi connectivity index (χ0v) is 28.3. The van der Waals surface area contributed by atoms with Gasteiger partial charge in [-0.05, 0) is 49.1 Å². The van der Waals surface area contributed by atoms with Crippen molar-refractivity contribution in [3.8, 4) is 5.75 Å². The quantitative estimate of drug-likeness (QED) is 0.228. The maximum Gasteiger partial charge on any atom is 0.251 e. The first kappa shape index (κ1) is 33.3. The van der Waals surface area contributed by atoms with Crippen LogP contribution < -0.4 is 9.64 Å². The number of amides is 3. The average molecular weight is 697 g/mol. The number of hydrogen-bond acceptors (Lipinski definition) is 6. The van der Waals surface area contributed by atoms with Gasteiger partial charge in [0.2, 0.25) is 11.8 Å². The van der Waals surface area contributed by atoms with E-state index in [1.807, 2.05) is 49.4 Å². The summed E-state index contributed by atoms with van der Waals surface area (Å²) in [7, 11) is 1.59. The summed E-state index contributed by atoms with van der Waals surface area (Å²) in [6.45, 7) is 10.7. The van der Waals surface area contributed by atoms with Crippen molar-refractivity contribution in [2.24, 2.45) is 11.8 Å². The lowest BCUT2D eigenvalue weighted by Gasteiger charge is -2.40. The molecule has 8 nitrogen and oxygen atoms in total. The Labute approximate surface area is 278 Å². The highest BCUT2D eigenvalue weighted by molar-refractivity contribution is 9.09. The summed E-state index contributed by atoms with van der Waals surface area (Å²) >= 11 is 5.47. The maximum atomic E-state index is 15.0. The number of anilines is 1. The van der Waals surface area contributed by atoms with Gasteiger partial charge >= 0.3 is 0 Å². The van der Waals surface area contributed by atoms with E-state index in [-0.39, 0.29) is 41.0 Å². The first-order chi connectivity index (χ1) is 21.8. The molecule has 3 heterocycles. The minimum absolute atomic E-state index is 0.0569. The Morgan fingerprint density at radius 2 is 1.82 bits per heavy atom. The number of hydrogen-bond donors (Lipinski definition) is 1. The highest BCUT2D eigenvalue weighted by atomic mass is 79.9. The summed E-state index contributed by atoms with van der Waals surface area (Å²) in [4.78, 5) is 49.1. The van der Waals surface area contributed by atoms with Crippen LogP contribution in [-0.4, -0.2) is 92.9 Å². The van der Waals surface area contributed by atoms with Gasteiger partial charge in [-0.25, -0.2) is 0 Å². The lowest BCUT2D eigenvalue weighted by atomic mass is 9.70. The normalized spacial score (nSPS) is 27.2. The van der Waals surface area contributed by atoms with E-state index in [1.54, 1.807) is 57.9 Å². The molecule has 2 bridgehead atoms. The van der Waals surface area contributed by atoms with Crippen molar-refractivity contribution in [2.45, 2.75) is 53.1 Å². The van der Waals surface area contributed by atoms with Crippen molar-refractivity contribution in [1.29, 1.82) is 0 Å². The van der Waals surface area contributed by atoms with Gasteiger partial charge in [-0.1, -0.05) is 65.3 Å². The Kier molecular flexibility index (Phi) is 10.5. The third kappa shape index (κ3) is 5.97. The van der Waals surface area contributed by atoms with Crippen LogP contribution in [0, 0.1) is 11.8 Å². The number of benzene rings is 2. The van der Waals surface area contributed by atoms with Crippen molar-refractivity contribution in [1.82, 2.24) is 9.80 Å². The molecule has 2 aromatic carbocycles. The summed E-state index contributed by atoms with van der Waals surface area (Å²) in [6.07, 6.45) is 5.10. The molecule has 3 saturated heterocycles. The number of nitrogens with zero attached hydrogens (tertiary/aromatic N) is 3. The topological polar surface area (TPSA) is 90.4 Å². The molecule has 10 heteroatoms. The van der Waals surface area contributed by atoms with Crippen LogP contribution in [0.25, 0.3) is 0 Å². The number of halogens is 1. The maximum absolute atomic E-state index is 15.0. The Hall–Kier alpha value is -3.08. The minimum Gasteiger partial charge on any atom is -0.497 e. The molecular weight excluding hydrogens is 654 g/mol. The second kappa shape index (κ2) is 14.1. The highest BCUT2D eigenvalue weighted by Crippen LogP contribution is 2.68. The third-order valence-corrected chi connectivity index (χ3v) is 12.5. The molecule has 3 aliphatic rings. The van der Waals surface area contributed by atoms with Crippen molar-refractivity contribution in [3.05, 3.63) is 85.5 Å². The van der Waals surface area contributed by atoms with Gasteiger partial charge in [-0.15, -0.1) is 24.9 Å². The van der Waals surface area contributed by atoms with Crippen LogP contribution in [0.4, 0.5) is 5.69 Å². The SMILES string of the molecule is C=CCN(CCC)C(=O)[C@H]1[C@H]2C(=O)N([C@@H](CO)Cc3ccccc3)C(C(=O)N(CC=C)c3ccc(OC)cc3)C23CC(Br)[C@@H]1S3. The number of ether oxygens (including phenoxy) is 1. The molecule has 2 aromatic rings. The second-order valence-corrected chi connectivity index (χ2v) is 14.7. The van der Waals surface area contributed by atoms with E-state index in [2.05, 4.69) is 29.1 Å². The van der Waals surface area contributed by atoms with Crippen molar-refractivity contribution in [2.75, 3.05) is 38.3 Å². The molecule has 0 radical (unpaired) electrons. The number of fused-ring (bicyclic) bond motifs is 1. The zero-order valence-electron chi connectivity index (χ0n) is 25.9. The lowest BCUT2D eigenvalue weighted by molar-refractivity contribution is -0.145. The first-order valence-corrected chi connectivity index (χ1v) is 17.3. The molecule has 45 heavy (non-hydrogen) atoms. The van der Waals surface area contributed by atoms with E-state index in [0.717, 1.165) is 12.0 Å². The average Bonchev–Trinajstić information content (AvgIpc) is 3.65. The predicted octanol–water partition coefficient (Wildman–Crippen LogP) is 4.71. The van der Waals surface area contributed by atoms with Crippen LogP contribution in [0.1, 0.15) is 25.3 Å². The molecule has 240 valence electrons. The van der Waals surface area contributed by atoms with Crippen LogP contribution in [0.15, 0.2) is 79.9 Å². The van der Waals surface area contributed by atoms with E-state index in [0.29, 0.717) is 37.4 Å². The number of rotatable bonds is 14. The number of aliphatic hydroxyl groups is 1. The Morgan fingerprint density at radius 1 is 1.13 bits per heavy atom. The predicted molar refractivity (Wildman–Crippen MR) is 183 cm³/mol. The molecule has 3 fully saturated rings. The van der Waals surface area contributed by atoms with Crippen LogP contribution >= 0.6 is 27.7 Å². The largest absolute Gasteiger partial charge is 0.497 e. The van der Waals surface area contributed by atoms with Crippen molar-refractivity contribution >= 4 is 51.1 Å². The van der Waals surface area contributed by atoms with Gasteiger partial charge in [0.25, 0.3) is 5.91 Å². The molecule has 3 unspecified atom stereocenters. The van der Waals surface area contributed by atoms with Crippen LogP contribution in [0.5, 0.6) is 5.75 Å². The number of aliphatic hydroxyl groups excluding tert-OH is 1. The second-order valence-electron chi connectivity index (χ2n) is 11.9. The van der Waals surface area contributed by atoms with Crippen molar-refractivity contribution in [3.63, 3.8) is 0 Å². The van der Waals surface area contributed by atoms with E-state index in [1.165, 1.54) is 0 Å². The first-order valence-electron chi connectivity index (χ1n) is 15.5. The Balaban J connectivity index is 1.62. The summed E-state index contributed by atoms with van der Waals surface area (Å²) in [5.74, 6) is -1.20. The number of carbonyl (C=O) groups excluding carboxylic acids is 3. The summed E-state index contributed by atoms with van der Waals surface area (Å²) in [5.41, 5.74) is 1.60. The summed E-state index contributed by atoms with van der Waals surface area (Å²) in [5, 5.41) is 10.7. The number of methoxy groups -OCH3 is 1. The fourth-order valence-electron chi connectivity index (χ4n) is 7.45. The molecule has 5 rings (SSSR count). The van der Waals surface area contributed by atoms with Gasteiger partial charge in [0, 0.05) is 35.4 Å². The summed E-state index contributed by atoms with van der Waals surface area (Å²) < 4.78 is 4.49. The minimum atomic E-state index is -0.898. The van der Waals surface area contributed by atoms with E-state index >= 15 is 4.79 Å². The molecule has 1 N–H and O–H groups in total. The lowest BCUT2D eigenvalue weighted by Crippen LogP contribution is -2.58. The van der Waals surface area contributed by atoms with Gasteiger partial charge in [-0.3, -0.25) is 14.4 Å². The molecular formula is C35H42BrN3O5S. The molecule has 0 aromatic heterocycles. The smallest absolute Gasteiger partial charge is 0.251 e. The number of likely N-dealkylation sites (tertiary alicyclic amines) is 1. The van der Waals surface area contributed by atoms with E-state index < -0.39 is 28.7 Å². The van der Waals surface area contributed by atoms with Crippen LogP contribution in [-0.2, 0) is 20.8 Å². The van der Waals surface area contributed by atoms with E-state index in [4.69, 9.17) is 4.74 Å². The molecule has 0 saturated carbocycles. The highest BCUT2D eigenvalue weighted by Gasteiger charge is 2.76. The molecule has 3 amide bonds. The van der Waals surface area contributed by atoms with Crippen LogP contribution in [0.3, 0.4) is 0 Å². The fourth-order valence-corrected chi connectivity index (χ4v) is 11.0. The third-order valence-electron chi connectivity index (χ3n) is 9.28. The Morgan fingerprint density at radius 3 is 2.42 bits per heavy atom. The van der Waals surface area contributed by atoms with Gasteiger partial charge in [0.15, 0.2) is 0 Å². The Bertz CT molecular complexity index is 1410. The number of thioether (sulfide) groups is 1. The monoisotopic (exact) mass is 695 g/mol. The molecule has 0 aliphatic carbocycles. The van der Waals surface area contributed by atoms with Crippen LogP contribution in [0.2, 0.25) is 0 Å².